The minimum Gasteiger partial charge on any atom is -0.466 e. The molecule has 3 rings (SSSR count). The molecule has 0 N–H and O–H groups in total. The summed E-state index contributed by atoms with van der Waals surface area (Å²) in [6.07, 6.45) is 0.331. The van der Waals surface area contributed by atoms with Gasteiger partial charge in [0.1, 0.15) is 0 Å². The van der Waals surface area contributed by atoms with Crippen LogP contribution in [0.2, 0.25) is 0 Å². The SMILES string of the molecule is CCOC(=O)CCN(CC)c1ccc(/N=N/c2s[n+](C)c3ccc([N+](=O)[O-])cc23)cc1. The van der Waals surface area contributed by atoms with Crippen molar-refractivity contribution in [1.29, 1.82) is 0 Å². The maximum Gasteiger partial charge on any atom is 0.307 e. The van der Waals surface area contributed by atoms with Crippen LogP contribution in [0.5, 0.6) is 0 Å². The molecule has 0 unspecified atom stereocenters. The third-order valence-electron chi connectivity index (χ3n) is 4.73. The predicted molar refractivity (Wildman–Crippen MR) is 119 cm³/mol. The first kappa shape index (κ1) is 22.3. The number of carbonyl (C=O) groups excluding carboxylic acids is 1. The first-order valence-electron chi connectivity index (χ1n) is 9.92. The van der Waals surface area contributed by atoms with E-state index in [2.05, 4.69) is 15.1 Å². The number of hydrogen-bond donors (Lipinski definition) is 0. The fourth-order valence-corrected chi connectivity index (χ4v) is 4.00. The molecule has 162 valence electrons. The van der Waals surface area contributed by atoms with Crippen LogP contribution in [0.1, 0.15) is 20.3 Å². The van der Waals surface area contributed by atoms with Crippen molar-refractivity contribution < 1.29 is 18.4 Å². The molecule has 0 aliphatic heterocycles. The third kappa shape index (κ3) is 5.40. The van der Waals surface area contributed by atoms with Gasteiger partial charge in [0.25, 0.3) is 5.69 Å². The number of anilines is 1. The predicted octanol–water partition coefficient (Wildman–Crippen LogP) is 4.83. The molecule has 2 aromatic carbocycles. The molecule has 0 aliphatic carbocycles. The Morgan fingerprint density at radius 3 is 2.58 bits per heavy atom. The summed E-state index contributed by atoms with van der Waals surface area (Å²) in [5, 5.41) is 21.0. The van der Waals surface area contributed by atoms with Gasteiger partial charge < -0.3 is 9.64 Å². The molecule has 0 amide bonds. The standard InChI is InChI=1S/C21H24N5O4S/c1-4-25(13-12-20(27)30-5-2)16-8-6-15(7-9-16)22-23-21-18-14-17(26(28)29)10-11-19(18)24(3)31-21/h6-11,14H,4-5,12-13H2,1-3H3/q+1. The summed E-state index contributed by atoms with van der Waals surface area (Å²) < 4.78 is 6.89. The molecular weight excluding hydrogens is 418 g/mol. The van der Waals surface area contributed by atoms with Crippen molar-refractivity contribution in [3.8, 4) is 0 Å². The summed E-state index contributed by atoms with van der Waals surface area (Å²) in [5.41, 5.74) is 2.53. The Labute approximate surface area is 183 Å². The molecule has 0 atom stereocenters. The van der Waals surface area contributed by atoms with E-state index in [9.17, 15) is 14.9 Å². The summed E-state index contributed by atoms with van der Waals surface area (Å²) >= 11 is 1.37. The van der Waals surface area contributed by atoms with Crippen molar-refractivity contribution >= 4 is 50.5 Å². The lowest BCUT2D eigenvalue weighted by molar-refractivity contribution is -0.573. The summed E-state index contributed by atoms with van der Waals surface area (Å²) in [6, 6.07) is 12.3. The van der Waals surface area contributed by atoms with Crippen molar-refractivity contribution in [2.45, 2.75) is 20.3 Å². The highest BCUT2D eigenvalue weighted by molar-refractivity contribution is 7.07. The number of nitrogens with zero attached hydrogens (tertiary/aromatic N) is 5. The lowest BCUT2D eigenvalue weighted by Gasteiger charge is -2.22. The Kier molecular flexibility index (Phi) is 7.24. The lowest BCUT2D eigenvalue weighted by atomic mass is 10.2. The van der Waals surface area contributed by atoms with E-state index in [1.807, 2.05) is 42.2 Å². The second kappa shape index (κ2) is 10.1. The maximum absolute atomic E-state index is 11.6. The molecule has 9 nitrogen and oxygen atoms in total. The van der Waals surface area contributed by atoms with Crippen molar-refractivity contribution in [3.05, 3.63) is 52.6 Å². The van der Waals surface area contributed by atoms with Crippen molar-refractivity contribution in [2.75, 3.05) is 24.6 Å². The van der Waals surface area contributed by atoms with Gasteiger partial charge in [0, 0.05) is 37.0 Å². The maximum atomic E-state index is 11.6. The summed E-state index contributed by atoms with van der Waals surface area (Å²) in [6.45, 7) is 5.54. The van der Waals surface area contributed by atoms with Crippen LogP contribution in [0.3, 0.4) is 0 Å². The number of carbonyl (C=O) groups is 1. The van der Waals surface area contributed by atoms with Gasteiger partial charge in [-0.3, -0.25) is 14.9 Å². The summed E-state index contributed by atoms with van der Waals surface area (Å²) in [7, 11) is 1.88. The normalized spacial score (nSPS) is 11.2. The number of esters is 1. The van der Waals surface area contributed by atoms with E-state index in [4.69, 9.17) is 4.74 Å². The van der Waals surface area contributed by atoms with E-state index < -0.39 is 4.92 Å². The quantitative estimate of drug-likeness (QED) is 0.155. The smallest absolute Gasteiger partial charge is 0.307 e. The van der Waals surface area contributed by atoms with Crippen LogP contribution >= 0.6 is 11.5 Å². The fourth-order valence-electron chi connectivity index (χ4n) is 3.15. The Morgan fingerprint density at radius 2 is 1.94 bits per heavy atom. The van der Waals surface area contributed by atoms with Gasteiger partial charge in [-0.1, -0.05) is 0 Å². The van der Waals surface area contributed by atoms with E-state index in [-0.39, 0.29) is 11.7 Å². The number of nitro groups is 1. The second-order valence-corrected chi connectivity index (χ2v) is 7.82. The highest BCUT2D eigenvalue weighted by atomic mass is 32.1. The van der Waals surface area contributed by atoms with E-state index >= 15 is 0 Å². The number of non-ortho nitro benzene ring substituents is 1. The molecule has 10 heteroatoms. The Morgan fingerprint density at radius 1 is 1.19 bits per heavy atom. The van der Waals surface area contributed by atoms with Gasteiger partial charge in [-0.15, -0.1) is 14.2 Å². The van der Waals surface area contributed by atoms with Gasteiger partial charge in [-0.2, -0.15) is 0 Å². The Hall–Kier alpha value is -3.40. The zero-order valence-corrected chi connectivity index (χ0v) is 18.5. The molecule has 0 fully saturated rings. The van der Waals surface area contributed by atoms with Crippen LogP contribution in [0, 0.1) is 10.1 Å². The molecule has 0 saturated carbocycles. The van der Waals surface area contributed by atoms with Crippen LogP contribution in [0.15, 0.2) is 52.7 Å². The molecule has 3 aromatic rings. The van der Waals surface area contributed by atoms with Crippen LogP contribution in [0.25, 0.3) is 10.9 Å². The second-order valence-electron chi connectivity index (χ2n) is 6.70. The van der Waals surface area contributed by atoms with E-state index in [0.717, 1.165) is 17.7 Å². The molecule has 0 radical (unpaired) electrons. The number of aromatic nitrogens is 1. The van der Waals surface area contributed by atoms with Gasteiger partial charge in [0.15, 0.2) is 18.6 Å². The zero-order chi connectivity index (χ0) is 22.4. The minimum absolute atomic E-state index is 0.0224. The van der Waals surface area contributed by atoms with E-state index in [1.54, 1.807) is 13.0 Å². The highest BCUT2D eigenvalue weighted by Crippen LogP contribution is 2.33. The van der Waals surface area contributed by atoms with Gasteiger partial charge >= 0.3 is 5.97 Å². The minimum atomic E-state index is -0.418. The van der Waals surface area contributed by atoms with Crippen LogP contribution in [-0.4, -0.2) is 30.6 Å². The monoisotopic (exact) mass is 442 g/mol. The van der Waals surface area contributed by atoms with Crippen LogP contribution < -0.4 is 8.86 Å². The van der Waals surface area contributed by atoms with Gasteiger partial charge in [0.05, 0.1) is 29.0 Å². The number of ether oxygens (including phenoxy) is 1. The number of hydrogen-bond acceptors (Lipinski definition) is 8. The zero-order valence-electron chi connectivity index (χ0n) is 17.6. The number of fused-ring (bicyclic) bond motifs is 1. The van der Waals surface area contributed by atoms with Crippen molar-refractivity contribution in [1.82, 2.24) is 0 Å². The first-order valence-corrected chi connectivity index (χ1v) is 10.7. The van der Waals surface area contributed by atoms with Crippen LogP contribution in [0.4, 0.5) is 22.1 Å². The van der Waals surface area contributed by atoms with Crippen molar-refractivity contribution in [3.63, 3.8) is 0 Å². The van der Waals surface area contributed by atoms with Gasteiger partial charge in [0.2, 0.25) is 10.5 Å². The third-order valence-corrected chi connectivity index (χ3v) is 5.67. The topological polar surface area (TPSA) is 101 Å². The van der Waals surface area contributed by atoms with E-state index in [0.29, 0.717) is 35.6 Å². The Balaban J connectivity index is 1.75. The molecular formula is C21H24N5O4S+. The summed E-state index contributed by atoms with van der Waals surface area (Å²) in [4.78, 5) is 24.4. The lowest BCUT2D eigenvalue weighted by Crippen LogP contribution is -2.26. The molecule has 0 aliphatic rings. The number of aryl methyl sites for hydroxylation is 1. The average Bonchev–Trinajstić information content (AvgIpc) is 3.08. The molecule has 1 aromatic heterocycles. The van der Waals surface area contributed by atoms with Gasteiger partial charge in [-0.25, -0.2) is 0 Å². The Bertz CT molecular complexity index is 1110. The van der Waals surface area contributed by atoms with Crippen LogP contribution in [-0.2, 0) is 16.6 Å². The highest BCUT2D eigenvalue weighted by Gasteiger charge is 2.19. The van der Waals surface area contributed by atoms with Gasteiger partial charge in [-0.05, 0) is 38.1 Å². The largest absolute Gasteiger partial charge is 0.466 e. The molecule has 1 heterocycles. The van der Waals surface area contributed by atoms with E-state index in [1.165, 1.54) is 23.7 Å². The number of rotatable bonds is 9. The molecule has 31 heavy (non-hydrogen) atoms. The molecule has 0 saturated heterocycles. The average molecular weight is 443 g/mol. The number of benzene rings is 2. The first-order chi connectivity index (χ1) is 14.9. The fraction of sp³-hybridized carbons (Fsp3) is 0.333. The van der Waals surface area contributed by atoms with Crippen molar-refractivity contribution in [2.24, 2.45) is 17.3 Å². The number of azo groups is 1. The molecule has 0 bridgehead atoms. The number of nitro benzene ring substituents is 1. The summed E-state index contributed by atoms with van der Waals surface area (Å²) in [5.74, 6) is -0.206. The molecule has 0 spiro atoms.